The molecule has 0 spiro atoms. The first-order valence-corrected chi connectivity index (χ1v) is 8.46. The van der Waals surface area contributed by atoms with Crippen molar-refractivity contribution in [1.82, 2.24) is 20.1 Å². The van der Waals surface area contributed by atoms with Crippen LogP contribution in [0, 0.1) is 12.8 Å². The standard InChI is InChI=1S/C17H19ClN4O3/c1-10-4-2-3-5-11(10)12-8-22(9-13(12)16(24)25)15(23)7-6-14-19-17(18)21-20-14/h2-5,12-13H,6-9H2,1H3,(H,24,25)(H,19,20,21)/t12-,13+/m0/s1. The average molecular weight is 363 g/mol. The van der Waals surface area contributed by atoms with E-state index in [1.165, 1.54) is 0 Å². The van der Waals surface area contributed by atoms with Crippen LogP contribution in [-0.2, 0) is 16.0 Å². The fourth-order valence-electron chi connectivity index (χ4n) is 3.34. The number of hydrogen-bond donors (Lipinski definition) is 2. The monoisotopic (exact) mass is 362 g/mol. The van der Waals surface area contributed by atoms with E-state index in [0.717, 1.165) is 11.1 Å². The fourth-order valence-corrected chi connectivity index (χ4v) is 3.49. The minimum atomic E-state index is -0.870. The van der Waals surface area contributed by atoms with E-state index in [0.29, 0.717) is 18.8 Å². The Kier molecular flexibility index (Phi) is 5.03. The summed E-state index contributed by atoms with van der Waals surface area (Å²) in [6.07, 6.45) is 0.625. The van der Waals surface area contributed by atoms with Crippen LogP contribution in [0.15, 0.2) is 24.3 Å². The number of aromatic amines is 1. The molecule has 1 saturated heterocycles. The number of benzene rings is 1. The van der Waals surface area contributed by atoms with Crippen LogP contribution in [0.1, 0.15) is 29.3 Å². The molecule has 0 unspecified atom stereocenters. The molecule has 0 bridgehead atoms. The molecule has 2 N–H and O–H groups in total. The van der Waals surface area contributed by atoms with Crippen LogP contribution in [-0.4, -0.2) is 50.2 Å². The molecule has 25 heavy (non-hydrogen) atoms. The number of nitrogens with zero attached hydrogens (tertiary/aromatic N) is 3. The first kappa shape index (κ1) is 17.4. The van der Waals surface area contributed by atoms with Crippen molar-refractivity contribution >= 4 is 23.5 Å². The maximum atomic E-state index is 12.5. The van der Waals surface area contributed by atoms with Gasteiger partial charge in [0.15, 0.2) is 0 Å². The second-order valence-electron chi connectivity index (χ2n) is 6.26. The van der Waals surface area contributed by atoms with Crippen LogP contribution in [0.5, 0.6) is 0 Å². The summed E-state index contributed by atoms with van der Waals surface area (Å²) in [7, 11) is 0. The van der Waals surface area contributed by atoms with E-state index < -0.39 is 11.9 Å². The molecular weight excluding hydrogens is 344 g/mol. The molecule has 1 aliphatic rings. The fraction of sp³-hybridized carbons (Fsp3) is 0.412. The number of aliphatic carboxylic acids is 1. The molecule has 8 heteroatoms. The van der Waals surface area contributed by atoms with Gasteiger partial charge in [0.2, 0.25) is 11.2 Å². The molecule has 2 atom stereocenters. The molecule has 0 radical (unpaired) electrons. The number of H-pyrrole nitrogens is 1. The number of aryl methyl sites for hydroxylation is 2. The Bertz CT molecular complexity index is 792. The van der Waals surface area contributed by atoms with E-state index in [2.05, 4.69) is 15.2 Å². The number of carboxylic acids is 1. The maximum absolute atomic E-state index is 12.5. The number of rotatable bonds is 5. The number of halogens is 1. The Morgan fingerprint density at radius 1 is 1.36 bits per heavy atom. The molecule has 0 aliphatic carbocycles. The number of nitrogens with one attached hydrogen (secondary N) is 1. The molecule has 0 saturated carbocycles. The van der Waals surface area contributed by atoms with Gasteiger partial charge in [0.1, 0.15) is 5.82 Å². The Hall–Kier alpha value is -2.41. The van der Waals surface area contributed by atoms with Gasteiger partial charge in [0.05, 0.1) is 5.92 Å². The number of hydrogen-bond acceptors (Lipinski definition) is 4. The van der Waals surface area contributed by atoms with E-state index in [1.54, 1.807) is 4.90 Å². The molecule has 3 rings (SSSR count). The van der Waals surface area contributed by atoms with Crippen LogP contribution in [0.25, 0.3) is 0 Å². The van der Waals surface area contributed by atoms with Crippen molar-refractivity contribution in [1.29, 1.82) is 0 Å². The quantitative estimate of drug-likeness (QED) is 0.847. The third kappa shape index (κ3) is 3.82. The number of carboxylic acid groups (broad SMARTS) is 1. The summed E-state index contributed by atoms with van der Waals surface area (Å²) in [5.74, 6) is -1.20. The SMILES string of the molecule is Cc1ccccc1[C@@H]1CN(C(=O)CCc2nc(Cl)n[nH]2)C[C@H]1C(=O)O. The molecule has 1 fully saturated rings. The molecule has 2 heterocycles. The van der Waals surface area contributed by atoms with Gasteiger partial charge in [0, 0.05) is 31.8 Å². The topological polar surface area (TPSA) is 99.2 Å². The van der Waals surface area contributed by atoms with Crippen LogP contribution < -0.4 is 0 Å². The Balaban J connectivity index is 1.70. The smallest absolute Gasteiger partial charge is 0.308 e. The van der Waals surface area contributed by atoms with Gasteiger partial charge in [0.25, 0.3) is 0 Å². The molecule has 1 aliphatic heterocycles. The van der Waals surface area contributed by atoms with Crippen molar-refractivity contribution in [3.8, 4) is 0 Å². The summed E-state index contributed by atoms with van der Waals surface area (Å²) in [6, 6.07) is 7.74. The van der Waals surface area contributed by atoms with Gasteiger partial charge >= 0.3 is 5.97 Å². The number of amides is 1. The zero-order valence-corrected chi connectivity index (χ0v) is 14.5. The van der Waals surface area contributed by atoms with E-state index >= 15 is 0 Å². The number of carbonyl (C=O) groups excluding carboxylic acids is 1. The van der Waals surface area contributed by atoms with Gasteiger partial charge < -0.3 is 10.0 Å². The second kappa shape index (κ2) is 7.23. The average Bonchev–Trinajstić information content (AvgIpc) is 3.19. The highest BCUT2D eigenvalue weighted by atomic mass is 35.5. The van der Waals surface area contributed by atoms with E-state index in [1.807, 2.05) is 31.2 Å². The molecule has 2 aromatic rings. The molecule has 1 amide bonds. The lowest BCUT2D eigenvalue weighted by atomic mass is 9.86. The maximum Gasteiger partial charge on any atom is 0.308 e. The predicted molar refractivity (Wildman–Crippen MR) is 91.3 cm³/mol. The van der Waals surface area contributed by atoms with Gasteiger partial charge in [-0.2, -0.15) is 0 Å². The van der Waals surface area contributed by atoms with Crippen LogP contribution >= 0.6 is 11.6 Å². The Morgan fingerprint density at radius 2 is 2.12 bits per heavy atom. The molecule has 1 aromatic heterocycles. The zero-order valence-electron chi connectivity index (χ0n) is 13.8. The van der Waals surface area contributed by atoms with Crippen molar-refractivity contribution in [2.75, 3.05) is 13.1 Å². The van der Waals surface area contributed by atoms with Gasteiger partial charge in [-0.25, -0.2) is 4.98 Å². The first-order chi connectivity index (χ1) is 12.0. The summed E-state index contributed by atoms with van der Waals surface area (Å²) < 4.78 is 0. The van der Waals surface area contributed by atoms with Crippen LogP contribution in [0.4, 0.5) is 0 Å². The van der Waals surface area contributed by atoms with Crippen molar-refractivity contribution in [2.24, 2.45) is 5.92 Å². The first-order valence-electron chi connectivity index (χ1n) is 8.08. The zero-order chi connectivity index (χ0) is 18.0. The van der Waals surface area contributed by atoms with Crippen molar-refractivity contribution in [3.63, 3.8) is 0 Å². The van der Waals surface area contributed by atoms with Crippen molar-refractivity contribution in [3.05, 3.63) is 46.5 Å². The predicted octanol–water partition coefficient (Wildman–Crippen LogP) is 2.03. The third-order valence-electron chi connectivity index (χ3n) is 4.66. The molecule has 7 nitrogen and oxygen atoms in total. The lowest BCUT2D eigenvalue weighted by Gasteiger charge is -2.18. The lowest BCUT2D eigenvalue weighted by Crippen LogP contribution is -2.30. The molecule has 132 valence electrons. The Labute approximate surface area is 150 Å². The van der Waals surface area contributed by atoms with Gasteiger partial charge in [-0.1, -0.05) is 24.3 Å². The Morgan fingerprint density at radius 3 is 2.76 bits per heavy atom. The second-order valence-corrected chi connectivity index (χ2v) is 6.60. The summed E-state index contributed by atoms with van der Waals surface area (Å²) in [5, 5.41) is 16.1. The van der Waals surface area contributed by atoms with Crippen molar-refractivity contribution < 1.29 is 14.7 Å². The minimum absolute atomic E-state index is 0.0881. The van der Waals surface area contributed by atoms with E-state index in [9.17, 15) is 14.7 Å². The highest BCUT2D eigenvalue weighted by Gasteiger charge is 2.40. The summed E-state index contributed by atoms with van der Waals surface area (Å²) >= 11 is 5.64. The largest absolute Gasteiger partial charge is 0.481 e. The number of likely N-dealkylation sites (tertiary alicyclic amines) is 1. The van der Waals surface area contributed by atoms with Crippen LogP contribution in [0.3, 0.4) is 0 Å². The van der Waals surface area contributed by atoms with Gasteiger partial charge in [-0.3, -0.25) is 14.7 Å². The van der Waals surface area contributed by atoms with Crippen LogP contribution in [0.2, 0.25) is 5.28 Å². The summed E-state index contributed by atoms with van der Waals surface area (Å²) in [4.78, 5) is 29.8. The summed E-state index contributed by atoms with van der Waals surface area (Å²) in [5.41, 5.74) is 2.04. The molecular formula is C17H19ClN4O3. The number of carbonyl (C=O) groups is 2. The summed E-state index contributed by atoms with van der Waals surface area (Å²) in [6.45, 7) is 2.61. The lowest BCUT2D eigenvalue weighted by molar-refractivity contribution is -0.141. The van der Waals surface area contributed by atoms with Gasteiger partial charge in [-0.05, 0) is 29.7 Å². The van der Waals surface area contributed by atoms with E-state index in [4.69, 9.17) is 11.6 Å². The minimum Gasteiger partial charge on any atom is -0.481 e. The molecule has 1 aromatic carbocycles. The highest BCUT2D eigenvalue weighted by Crippen LogP contribution is 2.34. The van der Waals surface area contributed by atoms with Crippen molar-refractivity contribution in [2.45, 2.75) is 25.7 Å². The highest BCUT2D eigenvalue weighted by molar-refractivity contribution is 6.28. The third-order valence-corrected chi connectivity index (χ3v) is 4.83. The van der Waals surface area contributed by atoms with E-state index in [-0.39, 0.29) is 30.1 Å². The number of aromatic nitrogens is 3. The van der Waals surface area contributed by atoms with Gasteiger partial charge in [-0.15, -0.1) is 5.10 Å². The normalized spacial score (nSPS) is 20.0.